The fourth-order valence-corrected chi connectivity index (χ4v) is 3.88. The van der Waals surface area contributed by atoms with Crippen molar-refractivity contribution >= 4 is 22.6 Å². The maximum absolute atomic E-state index is 4.14. The zero-order chi connectivity index (χ0) is 39.9. The number of nitrogens with zero attached hydrogens (tertiary/aromatic N) is 10. The van der Waals surface area contributed by atoms with Crippen LogP contribution < -0.4 is 0 Å². The van der Waals surface area contributed by atoms with Crippen LogP contribution in [0.5, 0.6) is 0 Å². The molecule has 0 fully saturated rings. The number of hydrogen-bond acceptors (Lipinski definition) is 6. The van der Waals surface area contributed by atoms with Gasteiger partial charge in [-0.2, -0.15) is 5.10 Å². The molecule has 0 unspecified atom stereocenters. The summed E-state index contributed by atoms with van der Waals surface area (Å²) in [6, 6.07) is 16.2. The van der Waals surface area contributed by atoms with E-state index in [0.717, 1.165) is 22.6 Å². The summed E-state index contributed by atoms with van der Waals surface area (Å²) in [5, 5.41) is 11.6. The Labute approximate surface area is 313 Å². The van der Waals surface area contributed by atoms with Crippen LogP contribution in [0.15, 0.2) is 111 Å². The molecular weight excluding hydrogens is 645 g/mol. The highest BCUT2D eigenvalue weighted by Gasteiger charge is 1.93. The summed E-state index contributed by atoms with van der Waals surface area (Å²) in [4.78, 5) is 12.3. The molecule has 0 aliphatic rings. The molecule has 0 atom stereocenters. The Hall–Kier alpha value is -5.38. The quantitative estimate of drug-likeness (QED) is 0.155. The molecule has 0 bridgehead atoms. The van der Waals surface area contributed by atoms with Gasteiger partial charge in [-0.25, -0.2) is 19.5 Å². The van der Waals surface area contributed by atoms with Gasteiger partial charge in [-0.3, -0.25) is 4.40 Å². The lowest BCUT2D eigenvalue weighted by molar-refractivity contribution is 0.952. The average molecular weight is 711 g/mol. The fourth-order valence-electron chi connectivity index (χ4n) is 3.88. The molecule has 0 radical (unpaired) electrons. The van der Waals surface area contributed by atoms with E-state index in [1.165, 1.54) is 22.3 Å². The molecule has 8 rings (SSSR count). The summed E-state index contributed by atoms with van der Waals surface area (Å²) in [7, 11) is 0. The molecule has 0 aliphatic carbocycles. The molecule has 284 valence electrons. The molecule has 0 amide bonds. The van der Waals surface area contributed by atoms with E-state index >= 15 is 0 Å². The first-order chi connectivity index (χ1) is 25.4. The Morgan fingerprint density at radius 3 is 1.54 bits per heavy atom. The topological polar surface area (TPSA) is 95.0 Å². The lowest BCUT2D eigenvalue weighted by Gasteiger charge is -1.93. The van der Waals surface area contributed by atoms with Crippen LogP contribution in [0.25, 0.3) is 22.6 Å². The standard InChI is InChI=1S/2C8H8N2.2C7H7N3.6C2H6/c1-7-2-4-10-5-3-9-8(10)6-7;1-7-2-3-8-9-4-5-10(8)6-7;1-6-2-3-10-5-8-9-7(10)4-6;1-6-2-3-7-8-5-9-10(7)4-6;6*1-2/h2*2-6H,1H3;2*2-5H,1H3;6*1-2H3. The molecule has 0 N–H and O–H groups in total. The second-order valence-electron chi connectivity index (χ2n) is 9.37. The van der Waals surface area contributed by atoms with E-state index in [0.29, 0.717) is 0 Å². The van der Waals surface area contributed by atoms with Crippen LogP contribution in [-0.4, -0.2) is 48.0 Å². The van der Waals surface area contributed by atoms with Gasteiger partial charge in [-0.15, -0.1) is 10.2 Å². The maximum Gasteiger partial charge on any atom is 0.160 e. The van der Waals surface area contributed by atoms with E-state index in [2.05, 4.69) is 68.5 Å². The van der Waals surface area contributed by atoms with Gasteiger partial charge in [0.05, 0.1) is 0 Å². The van der Waals surface area contributed by atoms with Crippen molar-refractivity contribution in [3.63, 3.8) is 0 Å². The zero-order valence-electron chi connectivity index (χ0n) is 34.9. The van der Waals surface area contributed by atoms with Crippen molar-refractivity contribution in [2.45, 2.75) is 111 Å². The second-order valence-corrected chi connectivity index (χ2v) is 9.37. The van der Waals surface area contributed by atoms with Gasteiger partial charge in [0.1, 0.15) is 23.9 Å². The Bertz CT molecular complexity index is 1690. The minimum absolute atomic E-state index is 0.894. The molecular formula is C42H66N10. The molecule has 8 heterocycles. The Morgan fingerprint density at radius 1 is 0.423 bits per heavy atom. The van der Waals surface area contributed by atoms with Crippen molar-refractivity contribution in [3.8, 4) is 0 Å². The van der Waals surface area contributed by atoms with Crippen molar-refractivity contribution in [1.29, 1.82) is 0 Å². The molecule has 8 aromatic heterocycles. The molecule has 0 spiro atoms. The highest BCUT2D eigenvalue weighted by atomic mass is 15.3. The van der Waals surface area contributed by atoms with E-state index in [-0.39, 0.29) is 0 Å². The summed E-state index contributed by atoms with van der Waals surface area (Å²) in [5.74, 6) is 0. The average Bonchev–Trinajstić information content (AvgIpc) is 4.05. The SMILES string of the molecule is CC.CC.CC.CC.CC.CC.Cc1ccc2nccn2c1.Cc1ccc2ncnn2c1.Cc1ccn2ccnc2c1.Cc1ccn2cnnc2c1. The summed E-state index contributed by atoms with van der Waals surface area (Å²) >= 11 is 0. The lowest BCUT2D eigenvalue weighted by atomic mass is 10.3. The van der Waals surface area contributed by atoms with Gasteiger partial charge in [0.2, 0.25) is 0 Å². The van der Waals surface area contributed by atoms with Crippen LogP contribution in [0.2, 0.25) is 0 Å². The fraction of sp³-hybridized carbons (Fsp3) is 0.381. The number of rotatable bonds is 0. The monoisotopic (exact) mass is 711 g/mol. The lowest BCUT2D eigenvalue weighted by Crippen LogP contribution is -1.86. The summed E-state index contributed by atoms with van der Waals surface area (Å²) < 4.78 is 7.64. The summed E-state index contributed by atoms with van der Waals surface area (Å²) in [6.07, 6.45) is 18.7. The van der Waals surface area contributed by atoms with Gasteiger partial charge in [0.15, 0.2) is 11.3 Å². The predicted molar refractivity (Wildman–Crippen MR) is 223 cm³/mol. The van der Waals surface area contributed by atoms with E-state index in [1.54, 1.807) is 29.6 Å². The Kier molecular flexibility index (Phi) is 28.5. The third-order valence-corrected chi connectivity index (χ3v) is 5.97. The highest BCUT2D eigenvalue weighted by molar-refractivity contribution is 5.41. The van der Waals surface area contributed by atoms with E-state index < -0.39 is 0 Å². The molecule has 10 nitrogen and oxygen atoms in total. The minimum Gasteiger partial charge on any atom is -0.307 e. The zero-order valence-corrected chi connectivity index (χ0v) is 34.9. The molecule has 0 aliphatic heterocycles. The van der Waals surface area contributed by atoms with Gasteiger partial charge < -0.3 is 8.80 Å². The first kappa shape index (κ1) is 48.7. The van der Waals surface area contributed by atoms with Crippen LogP contribution in [0.4, 0.5) is 0 Å². The minimum atomic E-state index is 0.894. The normalized spacial score (nSPS) is 8.77. The van der Waals surface area contributed by atoms with Crippen LogP contribution in [0.1, 0.15) is 105 Å². The van der Waals surface area contributed by atoms with Crippen LogP contribution in [0.3, 0.4) is 0 Å². The molecule has 10 heteroatoms. The summed E-state index contributed by atoms with van der Waals surface area (Å²) in [6.45, 7) is 32.2. The number of hydrogen-bond donors (Lipinski definition) is 0. The maximum atomic E-state index is 4.14. The number of imidazole rings is 2. The van der Waals surface area contributed by atoms with Crippen molar-refractivity contribution in [2.75, 3.05) is 0 Å². The number of fused-ring (bicyclic) bond motifs is 4. The van der Waals surface area contributed by atoms with Gasteiger partial charge >= 0.3 is 0 Å². The van der Waals surface area contributed by atoms with Gasteiger partial charge in [-0.05, 0) is 86.3 Å². The van der Waals surface area contributed by atoms with Crippen molar-refractivity contribution < 1.29 is 0 Å². The largest absolute Gasteiger partial charge is 0.307 e. The van der Waals surface area contributed by atoms with Crippen LogP contribution in [-0.2, 0) is 0 Å². The van der Waals surface area contributed by atoms with Gasteiger partial charge in [0.25, 0.3) is 0 Å². The van der Waals surface area contributed by atoms with Crippen LogP contribution >= 0.6 is 0 Å². The molecule has 0 saturated carbocycles. The number of pyridine rings is 4. The first-order valence-corrected chi connectivity index (χ1v) is 18.8. The Balaban J connectivity index is 0. The Morgan fingerprint density at radius 2 is 0.923 bits per heavy atom. The first-order valence-electron chi connectivity index (χ1n) is 18.8. The van der Waals surface area contributed by atoms with Crippen molar-refractivity contribution in [1.82, 2.24) is 48.0 Å². The molecule has 0 saturated heterocycles. The van der Waals surface area contributed by atoms with Gasteiger partial charge in [0, 0.05) is 49.6 Å². The van der Waals surface area contributed by atoms with Crippen molar-refractivity contribution in [3.05, 3.63) is 133 Å². The van der Waals surface area contributed by atoms with E-state index in [4.69, 9.17) is 0 Å². The molecule has 52 heavy (non-hydrogen) atoms. The summed E-state index contributed by atoms with van der Waals surface area (Å²) in [5.41, 5.74) is 8.72. The third-order valence-electron chi connectivity index (χ3n) is 5.97. The van der Waals surface area contributed by atoms with E-state index in [1.807, 2.05) is 171 Å². The van der Waals surface area contributed by atoms with E-state index in [9.17, 15) is 0 Å². The molecule has 0 aromatic carbocycles. The second kappa shape index (κ2) is 30.4. The van der Waals surface area contributed by atoms with Gasteiger partial charge in [-0.1, -0.05) is 95.2 Å². The third kappa shape index (κ3) is 17.0. The number of aromatic nitrogens is 10. The number of aryl methyl sites for hydroxylation is 4. The van der Waals surface area contributed by atoms with Crippen molar-refractivity contribution in [2.24, 2.45) is 0 Å². The molecule has 8 aromatic rings. The smallest absolute Gasteiger partial charge is 0.160 e. The highest BCUT2D eigenvalue weighted by Crippen LogP contribution is 2.04. The van der Waals surface area contributed by atoms with Crippen LogP contribution in [0, 0.1) is 27.7 Å². The predicted octanol–water partition coefficient (Wildman–Crippen LogP) is 11.5.